The van der Waals surface area contributed by atoms with E-state index >= 15 is 8.78 Å². The van der Waals surface area contributed by atoms with Gasteiger partial charge in [-0.05, 0) is 44.5 Å². The zero-order chi connectivity index (χ0) is 36.3. The van der Waals surface area contributed by atoms with Gasteiger partial charge in [0.25, 0.3) is 0 Å². The smallest absolute Gasteiger partial charge is 0.328 e. The minimum Gasteiger partial charge on any atom is -0.491 e. The fourth-order valence-corrected chi connectivity index (χ4v) is 5.12. The topological polar surface area (TPSA) is 194 Å². The Hall–Kier alpha value is -5.74. The number of benzene rings is 2. The highest BCUT2D eigenvalue weighted by Gasteiger charge is 2.22. The van der Waals surface area contributed by atoms with Crippen LogP contribution in [0.4, 0.5) is 20.3 Å². The average Bonchev–Trinajstić information content (AvgIpc) is 3.50. The second kappa shape index (κ2) is 17.3. The standard InChI is InChI=1S/C35H39F2N9O5/c1-21(42-34(47)28(39)8-5-6-12-38)35(48)51-16-15-50-23-17-26(36)25(27(37)18-23)20-46-29-9-4-3-7-24(29)31(45-46)33-41-19-30(49-2)32(44-33)43-22-10-13-40-14-11-22/h3-4,7,9-11,13-14,17-19,21,28H,5-6,8,12,15-16,20,38-39H2,1-2H3,(H,42,47)(H,40,41,43,44)/t21-,28-/m0/s1. The summed E-state index contributed by atoms with van der Waals surface area (Å²) in [5, 5.41) is 11.0. The van der Waals surface area contributed by atoms with Crippen LogP contribution in [0.2, 0.25) is 0 Å². The first kappa shape index (κ1) is 36.5. The van der Waals surface area contributed by atoms with Crippen molar-refractivity contribution in [1.29, 1.82) is 0 Å². The molecule has 3 heterocycles. The van der Waals surface area contributed by atoms with E-state index in [1.54, 1.807) is 36.7 Å². The van der Waals surface area contributed by atoms with E-state index in [1.807, 2.05) is 12.1 Å². The molecule has 5 rings (SSSR count). The van der Waals surface area contributed by atoms with Gasteiger partial charge in [-0.1, -0.05) is 24.6 Å². The van der Waals surface area contributed by atoms with Gasteiger partial charge in [0.15, 0.2) is 17.4 Å². The Bertz CT molecular complexity index is 1940. The number of amides is 1. The van der Waals surface area contributed by atoms with Gasteiger partial charge in [0, 0.05) is 41.2 Å². The summed E-state index contributed by atoms with van der Waals surface area (Å²) >= 11 is 0. The van der Waals surface area contributed by atoms with Crippen molar-refractivity contribution >= 4 is 34.3 Å². The molecule has 0 aliphatic heterocycles. The third-order valence-corrected chi connectivity index (χ3v) is 7.83. The lowest BCUT2D eigenvalue weighted by Gasteiger charge is -2.17. The Kier molecular flexibility index (Phi) is 12.4. The van der Waals surface area contributed by atoms with E-state index in [0.717, 1.165) is 24.2 Å². The molecule has 0 aliphatic rings. The molecule has 3 aromatic heterocycles. The summed E-state index contributed by atoms with van der Waals surface area (Å²) in [5.41, 5.74) is 12.8. The predicted octanol–water partition coefficient (Wildman–Crippen LogP) is 3.85. The van der Waals surface area contributed by atoms with E-state index < -0.39 is 35.6 Å². The van der Waals surface area contributed by atoms with E-state index in [9.17, 15) is 9.59 Å². The Labute approximate surface area is 292 Å². The number of ether oxygens (including phenoxy) is 3. The minimum absolute atomic E-state index is 0.0959. The lowest BCUT2D eigenvalue weighted by molar-refractivity contribution is -0.148. The highest BCUT2D eigenvalue weighted by molar-refractivity contribution is 5.92. The number of hydrogen-bond acceptors (Lipinski definition) is 12. The van der Waals surface area contributed by atoms with Gasteiger partial charge in [0.2, 0.25) is 5.91 Å². The molecule has 0 fully saturated rings. The van der Waals surface area contributed by atoms with Gasteiger partial charge in [-0.3, -0.25) is 14.5 Å². The zero-order valence-electron chi connectivity index (χ0n) is 28.1. The predicted molar refractivity (Wildman–Crippen MR) is 185 cm³/mol. The number of carbonyl (C=O) groups is 2. The molecule has 5 aromatic rings. The number of methoxy groups -OCH3 is 1. The molecule has 0 aliphatic carbocycles. The summed E-state index contributed by atoms with van der Waals surface area (Å²) in [7, 11) is 1.50. The first-order chi connectivity index (χ1) is 24.7. The molecular weight excluding hydrogens is 664 g/mol. The number of halogens is 2. The monoisotopic (exact) mass is 703 g/mol. The molecule has 0 spiro atoms. The minimum atomic E-state index is -0.951. The summed E-state index contributed by atoms with van der Waals surface area (Å²) in [5.74, 6) is -1.93. The zero-order valence-corrected chi connectivity index (χ0v) is 28.1. The number of hydrogen-bond donors (Lipinski definition) is 4. The van der Waals surface area contributed by atoms with Crippen LogP contribution in [-0.2, 0) is 20.9 Å². The van der Waals surface area contributed by atoms with Crippen LogP contribution in [0.25, 0.3) is 22.4 Å². The second-order valence-corrected chi connectivity index (χ2v) is 11.5. The van der Waals surface area contributed by atoms with Gasteiger partial charge in [-0.15, -0.1) is 0 Å². The fourth-order valence-electron chi connectivity index (χ4n) is 5.12. The molecule has 0 saturated heterocycles. The molecular formula is C35H39F2N9O5. The van der Waals surface area contributed by atoms with Crippen molar-refractivity contribution in [3.05, 3.63) is 84.3 Å². The number of nitrogens with two attached hydrogens (primary N) is 2. The van der Waals surface area contributed by atoms with E-state index in [4.69, 9.17) is 25.7 Å². The van der Waals surface area contributed by atoms with Crippen LogP contribution in [0.15, 0.2) is 67.1 Å². The van der Waals surface area contributed by atoms with Gasteiger partial charge in [-0.2, -0.15) is 5.10 Å². The van der Waals surface area contributed by atoms with E-state index in [-0.39, 0.29) is 36.9 Å². The lowest BCUT2D eigenvalue weighted by Crippen LogP contribution is -2.47. The molecule has 0 radical (unpaired) electrons. The highest BCUT2D eigenvalue weighted by Crippen LogP contribution is 2.31. The number of unbranched alkanes of at least 4 members (excludes halogenated alkanes) is 1. The van der Waals surface area contributed by atoms with Crippen molar-refractivity contribution in [3.63, 3.8) is 0 Å². The van der Waals surface area contributed by atoms with Crippen molar-refractivity contribution in [3.8, 4) is 23.0 Å². The van der Waals surface area contributed by atoms with Crippen molar-refractivity contribution in [1.82, 2.24) is 30.0 Å². The van der Waals surface area contributed by atoms with Gasteiger partial charge >= 0.3 is 5.97 Å². The number of aromatic nitrogens is 5. The molecule has 14 nitrogen and oxygen atoms in total. The SMILES string of the molecule is COc1cnc(-c2nn(Cc3c(F)cc(OCCOC(=O)[C@H](C)NC(=O)[C@@H](N)CCCCN)cc3F)c3ccccc23)nc1Nc1ccncc1. The lowest BCUT2D eigenvalue weighted by atomic mass is 10.1. The maximum Gasteiger partial charge on any atom is 0.328 e. The largest absolute Gasteiger partial charge is 0.491 e. The average molecular weight is 704 g/mol. The number of rotatable bonds is 17. The van der Waals surface area contributed by atoms with Crippen molar-refractivity contribution in [2.24, 2.45) is 11.5 Å². The Morgan fingerprint density at radius 1 is 1.04 bits per heavy atom. The molecule has 1 amide bonds. The Morgan fingerprint density at radius 3 is 2.51 bits per heavy atom. The summed E-state index contributed by atoms with van der Waals surface area (Å²) in [6.45, 7) is 1.32. The number of anilines is 2. The molecule has 6 N–H and O–H groups in total. The number of para-hydroxylation sites is 1. The van der Waals surface area contributed by atoms with Crippen molar-refractivity contribution < 1.29 is 32.6 Å². The third kappa shape index (κ3) is 9.29. The normalized spacial score (nSPS) is 12.3. The molecule has 268 valence electrons. The van der Waals surface area contributed by atoms with Crippen LogP contribution >= 0.6 is 0 Å². The van der Waals surface area contributed by atoms with Crippen molar-refractivity contribution in [2.45, 2.75) is 44.8 Å². The van der Waals surface area contributed by atoms with Crippen LogP contribution in [0.1, 0.15) is 31.7 Å². The number of esters is 1. The molecule has 0 bridgehead atoms. The maximum atomic E-state index is 15.3. The van der Waals surface area contributed by atoms with Crippen molar-refractivity contribution in [2.75, 3.05) is 32.2 Å². The number of fused-ring (bicyclic) bond motifs is 1. The molecule has 0 saturated carbocycles. The fraction of sp³-hybridized carbons (Fsp3) is 0.314. The molecule has 51 heavy (non-hydrogen) atoms. The summed E-state index contributed by atoms with van der Waals surface area (Å²) in [4.78, 5) is 37.6. The summed E-state index contributed by atoms with van der Waals surface area (Å²) < 4.78 is 48.2. The third-order valence-electron chi connectivity index (χ3n) is 7.83. The first-order valence-electron chi connectivity index (χ1n) is 16.3. The van der Waals surface area contributed by atoms with Crippen LogP contribution in [0, 0.1) is 11.6 Å². The Morgan fingerprint density at radius 2 is 1.78 bits per heavy atom. The summed E-state index contributed by atoms with van der Waals surface area (Å²) in [6.07, 6.45) is 6.66. The van der Waals surface area contributed by atoms with Crippen LogP contribution < -0.4 is 31.6 Å². The van der Waals surface area contributed by atoms with Gasteiger partial charge in [0.05, 0.1) is 31.4 Å². The number of carbonyl (C=O) groups excluding carboxylic acids is 2. The number of nitrogens with zero attached hydrogens (tertiary/aromatic N) is 5. The first-order valence-corrected chi connectivity index (χ1v) is 16.3. The van der Waals surface area contributed by atoms with Crippen LogP contribution in [0.5, 0.6) is 11.5 Å². The molecule has 2 atom stereocenters. The van der Waals surface area contributed by atoms with Crippen LogP contribution in [0.3, 0.4) is 0 Å². The maximum absolute atomic E-state index is 15.3. The molecule has 2 aromatic carbocycles. The second-order valence-electron chi connectivity index (χ2n) is 11.5. The molecule has 16 heteroatoms. The van der Waals surface area contributed by atoms with Crippen LogP contribution in [-0.4, -0.2) is 75.6 Å². The van der Waals surface area contributed by atoms with Gasteiger partial charge in [-0.25, -0.2) is 23.5 Å². The number of nitrogens with one attached hydrogen (secondary N) is 2. The van der Waals surface area contributed by atoms with E-state index in [0.29, 0.717) is 47.6 Å². The molecule has 0 unspecified atom stereocenters. The van der Waals surface area contributed by atoms with Gasteiger partial charge in [0.1, 0.15) is 42.3 Å². The van der Waals surface area contributed by atoms with E-state index in [1.165, 1.54) is 24.9 Å². The quantitative estimate of drug-likeness (QED) is 0.0809. The van der Waals surface area contributed by atoms with Gasteiger partial charge < -0.3 is 36.3 Å². The van der Waals surface area contributed by atoms with E-state index in [2.05, 4.69) is 30.7 Å². The highest BCUT2D eigenvalue weighted by atomic mass is 19.1. The summed E-state index contributed by atoms with van der Waals surface area (Å²) in [6, 6.07) is 11.1. The number of pyridine rings is 1. The Balaban J connectivity index is 1.23.